The number of hydrogen-bond acceptors (Lipinski definition) is 3. The summed E-state index contributed by atoms with van der Waals surface area (Å²) in [7, 11) is 0. The largest absolute Gasteiger partial charge is 0.489 e. The van der Waals surface area contributed by atoms with Crippen molar-refractivity contribution < 1.29 is 18.3 Å². The molecule has 1 unspecified atom stereocenters. The van der Waals surface area contributed by atoms with Crippen LogP contribution in [0.15, 0.2) is 47.3 Å². The molecule has 0 saturated carbocycles. The average molecular weight is 263 g/mol. The van der Waals surface area contributed by atoms with Gasteiger partial charge in [-0.2, -0.15) is 0 Å². The first kappa shape index (κ1) is 13.1. The first-order chi connectivity index (χ1) is 9.15. The second-order valence-corrected chi connectivity index (χ2v) is 4.11. The molecule has 4 nitrogen and oxygen atoms in total. The fraction of sp³-hybridized carbons (Fsp3) is 0.214. The summed E-state index contributed by atoms with van der Waals surface area (Å²) in [5.41, 5.74) is 0.456. The number of carbonyl (C=O) groups excluding carboxylic acids is 1. The maximum atomic E-state index is 13.0. The molecule has 0 bridgehead atoms. The number of rotatable bonds is 5. The highest BCUT2D eigenvalue weighted by molar-refractivity contribution is 5.93. The lowest BCUT2D eigenvalue weighted by Crippen LogP contribution is -2.33. The van der Waals surface area contributed by atoms with Crippen LogP contribution in [-0.2, 0) is 0 Å². The molecule has 2 rings (SSSR count). The predicted molar refractivity (Wildman–Crippen MR) is 67.5 cm³/mol. The van der Waals surface area contributed by atoms with Gasteiger partial charge in [-0.25, -0.2) is 4.39 Å². The van der Waals surface area contributed by atoms with E-state index in [0.717, 1.165) is 0 Å². The van der Waals surface area contributed by atoms with Gasteiger partial charge in [-0.3, -0.25) is 4.79 Å². The van der Waals surface area contributed by atoms with Crippen molar-refractivity contribution in [2.24, 2.45) is 0 Å². The lowest BCUT2D eigenvalue weighted by molar-refractivity contribution is 0.0931. The van der Waals surface area contributed by atoms with Gasteiger partial charge in [0.2, 0.25) is 0 Å². The highest BCUT2D eigenvalue weighted by Gasteiger charge is 2.10. The highest BCUT2D eigenvalue weighted by atomic mass is 19.1. The van der Waals surface area contributed by atoms with E-state index in [1.807, 2.05) is 0 Å². The molecular weight excluding hydrogens is 249 g/mol. The number of ether oxygens (including phenoxy) is 1. The molecule has 2 aromatic rings. The maximum absolute atomic E-state index is 13.0. The minimum Gasteiger partial charge on any atom is -0.489 e. The molecule has 19 heavy (non-hydrogen) atoms. The number of furan rings is 1. The Morgan fingerprint density at radius 1 is 1.47 bits per heavy atom. The Balaban J connectivity index is 1.82. The SMILES string of the molecule is CC(CNC(=O)c1ccoc1)Oc1cccc(F)c1. The van der Waals surface area contributed by atoms with Crippen LogP contribution in [0.3, 0.4) is 0 Å². The third-order valence-electron chi connectivity index (χ3n) is 2.47. The molecule has 1 atom stereocenters. The average Bonchev–Trinajstić information content (AvgIpc) is 2.90. The van der Waals surface area contributed by atoms with E-state index in [-0.39, 0.29) is 17.8 Å². The van der Waals surface area contributed by atoms with Crippen LogP contribution in [0.25, 0.3) is 0 Å². The van der Waals surface area contributed by atoms with Crippen LogP contribution in [-0.4, -0.2) is 18.6 Å². The fourth-order valence-electron chi connectivity index (χ4n) is 1.55. The second kappa shape index (κ2) is 6.04. The number of halogens is 1. The maximum Gasteiger partial charge on any atom is 0.254 e. The van der Waals surface area contributed by atoms with E-state index in [9.17, 15) is 9.18 Å². The summed E-state index contributed by atoms with van der Waals surface area (Å²) < 4.78 is 23.3. The van der Waals surface area contributed by atoms with E-state index in [2.05, 4.69) is 5.32 Å². The molecule has 0 fully saturated rings. The lowest BCUT2D eigenvalue weighted by atomic mass is 10.3. The zero-order valence-electron chi connectivity index (χ0n) is 10.4. The smallest absolute Gasteiger partial charge is 0.254 e. The number of amides is 1. The van der Waals surface area contributed by atoms with E-state index in [0.29, 0.717) is 17.9 Å². The van der Waals surface area contributed by atoms with Gasteiger partial charge in [0.25, 0.3) is 5.91 Å². The molecule has 0 aliphatic heterocycles. The highest BCUT2D eigenvalue weighted by Crippen LogP contribution is 2.13. The zero-order chi connectivity index (χ0) is 13.7. The second-order valence-electron chi connectivity index (χ2n) is 4.11. The van der Waals surface area contributed by atoms with Crippen LogP contribution < -0.4 is 10.1 Å². The molecule has 0 aliphatic rings. The van der Waals surface area contributed by atoms with Crippen molar-refractivity contribution in [3.05, 3.63) is 54.2 Å². The number of carbonyl (C=O) groups is 1. The van der Waals surface area contributed by atoms with Gasteiger partial charge in [-0.15, -0.1) is 0 Å². The molecule has 0 radical (unpaired) electrons. The van der Waals surface area contributed by atoms with Gasteiger partial charge in [0, 0.05) is 6.07 Å². The van der Waals surface area contributed by atoms with Gasteiger partial charge in [0.05, 0.1) is 18.4 Å². The third kappa shape index (κ3) is 3.84. The minimum atomic E-state index is -0.355. The first-order valence-corrected chi connectivity index (χ1v) is 5.88. The van der Waals surface area contributed by atoms with Gasteiger partial charge in [0.1, 0.15) is 23.9 Å². The Morgan fingerprint density at radius 3 is 3.00 bits per heavy atom. The van der Waals surface area contributed by atoms with E-state index in [1.54, 1.807) is 25.1 Å². The van der Waals surface area contributed by atoms with Crippen LogP contribution >= 0.6 is 0 Å². The Hall–Kier alpha value is -2.30. The zero-order valence-corrected chi connectivity index (χ0v) is 10.4. The molecule has 1 amide bonds. The number of benzene rings is 1. The molecule has 0 aliphatic carbocycles. The Kier molecular flexibility index (Phi) is 4.18. The van der Waals surface area contributed by atoms with Crippen molar-refractivity contribution in [1.82, 2.24) is 5.32 Å². The Labute approximate surface area is 110 Å². The van der Waals surface area contributed by atoms with Gasteiger partial charge < -0.3 is 14.5 Å². The molecule has 1 heterocycles. The fourth-order valence-corrected chi connectivity index (χ4v) is 1.55. The molecule has 1 aromatic carbocycles. The molecule has 100 valence electrons. The monoisotopic (exact) mass is 263 g/mol. The van der Waals surface area contributed by atoms with Crippen molar-refractivity contribution in [3.8, 4) is 5.75 Å². The normalized spacial score (nSPS) is 11.9. The molecular formula is C14H14FNO3. The van der Waals surface area contributed by atoms with Crippen molar-refractivity contribution in [2.75, 3.05) is 6.54 Å². The summed E-state index contributed by atoms with van der Waals surface area (Å²) in [6, 6.07) is 7.46. The standard InChI is InChI=1S/C14H14FNO3/c1-10(19-13-4-2-3-12(15)7-13)8-16-14(17)11-5-6-18-9-11/h2-7,9-10H,8H2,1H3,(H,16,17). The van der Waals surface area contributed by atoms with Gasteiger partial charge >= 0.3 is 0 Å². The van der Waals surface area contributed by atoms with E-state index in [4.69, 9.17) is 9.15 Å². The Morgan fingerprint density at radius 2 is 2.32 bits per heavy atom. The van der Waals surface area contributed by atoms with Crippen molar-refractivity contribution in [2.45, 2.75) is 13.0 Å². The summed E-state index contributed by atoms with van der Waals surface area (Å²) in [5.74, 6) is -0.152. The summed E-state index contributed by atoms with van der Waals surface area (Å²) in [6.07, 6.45) is 2.53. The topological polar surface area (TPSA) is 51.5 Å². The van der Waals surface area contributed by atoms with Crippen molar-refractivity contribution in [1.29, 1.82) is 0 Å². The van der Waals surface area contributed by atoms with Gasteiger partial charge in [-0.05, 0) is 25.1 Å². The van der Waals surface area contributed by atoms with E-state index < -0.39 is 0 Å². The van der Waals surface area contributed by atoms with Crippen LogP contribution in [0.4, 0.5) is 4.39 Å². The quantitative estimate of drug-likeness (QED) is 0.902. The molecule has 1 aromatic heterocycles. The summed E-state index contributed by atoms with van der Waals surface area (Å²) >= 11 is 0. The first-order valence-electron chi connectivity index (χ1n) is 5.88. The van der Waals surface area contributed by atoms with Gasteiger partial charge in [-0.1, -0.05) is 6.07 Å². The van der Waals surface area contributed by atoms with Crippen LogP contribution in [0, 0.1) is 5.82 Å². The number of nitrogens with one attached hydrogen (secondary N) is 1. The van der Waals surface area contributed by atoms with Crippen molar-refractivity contribution >= 4 is 5.91 Å². The lowest BCUT2D eigenvalue weighted by Gasteiger charge is -2.15. The van der Waals surface area contributed by atoms with Crippen LogP contribution in [0.2, 0.25) is 0 Å². The predicted octanol–water partition coefficient (Wildman–Crippen LogP) is 2.62. The van der Waals surface area contributed by atoms with Crippen molar-refractivity contribution in [3.63, 3.8) is 0 Å². The Bertz CT molecular complexity index is 539. The molecule has 1 N–H and O–H groups in total. The molecule has 0 saturated heterocycles. The third-order valence-corrected chi connectivity index (χ3v) is 2.47. The summed E-state index contributed by atoms with van der Waals surface area (Å²) in [4.78, 5) is 11.6. The molecule has 0 spiro atoms. The van der Waals surface area contributed by atoms with Gasteiger partial charge in [0.15, 0.2) is 0 Å². The van der Waals surface area contributed by atoms with E-state index >= 15 is 0 Å². The van der Waals surface area contributed by atoms with E-state index in [1.165, 1.54) is 24.7 Å². The van der Waals surface area contributed by atoms with Crippen LogP contribution in [0.5, 0.6) is 5.75 Å². The minimum absolute atomic E-state index is 0.233. The van der Waals surface area contributed by atoms with Crippen LogP contribution in [0.1, 0.15) is 17.3 Å². The number of hydrogen-bond donors (Lipinski definition) is 1. The molecule has 5 heteroatoms. The summed E-state index contributed by atoms with van der Waals surface area (Å²) in [6.45, 7) is 2.11. The summed E-state index contributed by atoms with van der Waals surface area (Å²) in [5, 5.41) is 2.70.